The molecule has 0 radical (unpaired) electrons. The first kappa shape index (κ1) is 19.2. The minimum absolute atomic E-state index is 0.0709. The highest BCUT2D eigenvalue weighted by Gasteiger charge is 2.18. The Morgan fingerprint density at radius 2 is 1.93 bits per heavy atom. The summed E-state index contributed by atoms with van der Waals surface area (Å²) in [5.74, 6) is 0.143. The highest BCUT2D eigenvalue weighted by Crippen LogP contribution is 2.20. The Hall–Kier alpha value is -2.54. The number of rotatable bonds is 6. The van der Waals surface area contributed by atoms with Crippen LogP contribution in [0.5, 0.6) is 0 Å². The Bertz CT molecular complexity index is 1020. The van der Waals surface area contributed by atoms with E-state index in [1.807, 2.05) is 49.6 Å². The Balaban J connectivity index is 2.01. The fraction of sp³-hybridized carbons (Fsp3) is 0.350. The van der Waals surface area contributed by atoms with Gasteiger partial charge in [0.25, 0.3) is 5.56 Å². The van der Waals surface area contributed by atoms with Crippen molar-refractivity contribution in [1.29, 1.82) is 0 Å². The summed E-state index contributed by atoms with van der Waals surface area (Å²) in [6, 6.07) is 11.2. The van der Waals surface area contributed by atoms with Crippen molar-refractivity contribution in [2.24, 2.45) is 5.92 Å². The summed E-state index contributed by atoms with van der Waals surface area (Å²) >= 11 is 1.46. The molecule has 6 nitrogen and oxygen atoms in total. The number of benzene rings is 1. The van der Waals surface area contributed by atoms with Crippen LogP contribution in [0.25, 0.3) is 11.0 Å². The van der Waals surface area contributed by atoms with Crippen LogP contribution in [0.4, 0.5) is 5.69 Å². The lowest BCUT2D eigenvalue weighted by Gasteiger charge is -2.14. The van der Waals surface area contributed by atoms with Crippen LogP contribution in [0.2, 0.25) is 0 Å². The van der Waals surface area contributed by atoms with Crippen molar-refractivity contribution >= 4 is 34.4 Å². The molecule has 2 aromatic heterocycles. The number of nitrogens with one attached hydrogen (secondary N) is 1. The highest BCUT2D eigenvalue weighted by atomic mass is 32.2. The first-order chi connectivity index (χ1) is 12.9. The molecule has 3 aromatic rings. The van der Waals surface area contributed by atoms with Gasteiger partial charge in [-0.3, -0.25) is 14.2 Å². The predicted octanol–water partition coefficient (Wildman–Crippen LogP) is 3.52. The van der Waals surface area contributed by atoms with E-state index in [1.165, 1.54) is 11.8 Å². The minimum Gasteiger partial charge on any atom is -0.330 e. The van der Waals surface area contributed by atoms with Crippen molar-refractivity contribution in [2.45, 2.75) is 39.0 Å². The number of thioether (sulfide) groups is 1. The van der Waals surface area contributed by atoms with Crippen LogP contribution >= 0.6 is 11.8 Å². The third-order valence-electron chi connectivity index (χ3n) is 4.27. The lowest BCUT2D eigenvalue weighted by atomic mass is 10.2. The maximum absolute atomic E-state index is 13.2. The van der Waals surface area contributed by atoms with Crippen LogP contribution < -0.4 is 10.9 Å². The van der Waals surface area contributed by atoms with Crippen LogP contribution in [-0.4, -0.2) is 26.3 Å². The summed E-state index contributed by atoms with van der Waals surface area (Å²) < 4.78 is 3.46. The maximum Gasteiger partial charge on any atom is 0.278 e. The lowest BCUT2D eigenvalue weighted by molar-refractivity contribution is -0.116. The van der Waals surface area contributed by atoms with Gasteiger partial charge in [-0.1, -0.05) is 43.8 Å². The van der Waals surface area contributed by atoms with Gasteiger partial charge in [0.05, 0.1) is 5.52 Å². The minimum atomic E-state index is -0.175. The van der Waals surface area contributed by atoms with Gasteiger partial charge in [0.15, 0.2) is 5.16 Å². The van der Waals surface area contributed by atoms with Crippen molar-refractivity contribution in [1.82, 2.24) is 14.1 Å². The topological polar surface area (TPSA) is 68.9 Å². The molecule has 0 fully saturated rings. The van der Waals surface area contributed by atoms with Crippen LogP contribution in [0.1, 0.15) is 19.5 Å². The Kier molecular flexibility index (Phi) is 5.70. The molecule has 1 aromatic carbocycles. The number of fused-ring (bicyclic) bond motifs is 1. The molecule has 0 atom stereocenters. The van der Waals surface area contributed by atoms with Crippen molar-refractivity contribution in [3.63, 3.8) is 0 Å². The lowest BCUT2D eigenvalue weighted by Crippen LogP contribution is -2.28. The van der Waals surface area contributed by atoms with Gasteiger partial charge in [0, 0.05) is 17.9 Å². The number of amides is 1. The molecular formula is C20H24N4O2S. The largest absolute Gasteiger partial charge is 0.330 e. The molecule has 0 saturated heterocycles. The van der Waals surface area contributed by atoms with Crippen LogP contribution in [0.3, 0.4) is 0 Å². The van der Waals surface area contributed by atoms with Gasteiger partial charge >= 0.3 is 0 Å². The average Bonchev–Trinajstić information content (AvgIpc) is 2.93. The first-order valence-electron chi connectivity index (χ1n) is 8.90. The fourth-order valence-electron chi connectivity index (χ4n) is 3.10. The molecule has 142 valence electrons. The molecule has 0 spiro atoms. The second-order valence-corrected chi connectivity index (χ2v) is 7.70. The van der Waals surface area contributed by atoms with E-state index in [-0.39, 0.29) is 18.0 Å². The summed E-state index contributed by atoms with van der Waals surface area (Å²) in [5.41, 5.74) is 2.59. The van der Waals surface area contributed by atoms with Gasteiger partial charge in [-0.05, 0) is 37.3 Å². The SMILES string of the molecule is CSc1nc2cc(C)n(CC(=O)Nc3ccccc3)c2c(=O)n1CC(C)C. The Labute approximate surface area is 162 Å². The van der Waals surface area contributed by atoms with Crippen LogP contribution in [-0.2, 0) is 17.9 Å². The molecule has 1 amide bonds. The molecular weight excluding hydrogens is 360 g/mol. The van der Waals surface area contributed by atoms with Gasteiger partial charge in [-0.15, -0.1) is 0 Å². The van der Waals surface area contributed by atoms with Crippen molar-refractivity contribution in [3.8, 4) is 0 Å². The molecule has 0 aliphatic carbocycles. The number of hydrogen-bond acceptors (Lipinski definition) is 4. The predicted molar refractivity (Wildman–Crippen MR) is 110 cm³/mol. The van der Waals surface area contributed by atoms with E-state index in [0.29, 0.717) is 28.7 Å². The van der Waals surface area contributed by atoms with Crippen molar-refractivity contribution < 1.29 is 4.79 Å². The highest BCUT2D eigenvalue weighted by molar-refractivity contribution is 7.98. The standard InChI is InChI=1S/C20H24N4O2S/c1-13(2)11-24-19(26)18-16(22-20(24)27-4)10-14(3)23(18)12-17(25)21-15-8-6-5-7-9-15/h5-10,13H,11-12H2,1-4H3,(H,21,25). The number of hydrogen-bond donors (Lipinski definition) is 1. The normalized spacial score (nSPS) is 11.3. The first-order valence-corrected chi connectivity index (χ1v) is 10.1. The summed E-state index contributed by atoms with van der Waals surface area (Å²) in [6.07, 6.45) is 1.92. The van der Waals surface area contributed by atoms with Crippen molar-refractivity contribution in [3.05, 3.63) is 52.4 Å². The fourth-order valence-corrected chi connectivity index (χ4v) is 3.67. The summed E-state index contributed by atoms with van der Waals surface area (Å²) in [6.45, 7) is 6.69. The van der Waals surface area contributed by atoms with Crippen LogP contribution in [0, 0.1) is 12.8 Å². The second kappa shape index (κ2) is 8.00. The zero-order valence-electron chi connectivity index (χ0n) is 16.0. The van der Waals surface area contributed by atoms with E-state index in [4.69, 9.17) is 0 Å². The molecule has 0 aliphatic heterocycles. The summed E-state index contributed by atoms with van der Waals surface area (Å²) in [4.78, 5) is 30.3. The molecule has 7 heteroatoms. The van der Waals surface area contributed by atoms with E-state index in [2.05, 4.69) is 24.1 Å². The summed E-state index contributed by atoms with van der Waals surface area (Å²) in [7, 11) is 0. The number of aromatic nitrogens is 3. The van der Waals surface area contributed by atoms with E-state index in [0.717, 1.165) is 11.4 Å². The van der Waals surface area contributed by atoms with Gasteiger partial charge in [0.2, 0.25) is 5.91 Å². The molecule has 2 heterocycles. The molecule has 0 unspecified atom stereocenters. The Morgan fingerprint density at radius 1 is 1.22 bits per heavy atom. The van der Waals surface area contributed by atoms with Crippen molar-refractivity contribution in [2.75, 3.05) is 11.6 Å². The number of para-hydroxylation sites is 1. The molecule has 1 N–H and O–H groups in total. The van der Waals surface area contributed by atoms with E-state index >= 15 is 0 Å². The smallest absolute Gasteiger partial charge is 0.278 e. The zero-order valence-corrected chi connectivity index (χ0v) is 16.8. The number of aryl methyl sites for hydroxylation is 1. The van der Waals surface area contributed by atoms with E-state index in [9.17, 15) is 9.59 Å². The Morgan fingerprint density at radius 3 is 2.56 bits per heavy atom. The second-order valence-electron chi connectivity index (χ2n) is 6.93. The monoisotopic (exact) mass is 384 g/mol. The number of nitrogens with zero attached hydrogens (tertiary/aromatic N) is 3. The zero-order chi connectivity index (χ0) is 19.6. The summed E-state index contributed by atoms with van der Waals surface area (Å²) in [5, 5.41) is 3.57. The van der Waals surface area contributed by atoms with Crippen LogP contribution in [0.15, 0.2) is 46.3 Å². The third kappa shape index (κ3) is 4.08. The van der Waals surface area contributed by atoms with Gasteiger partial charge < -0.3 is 9.88 Å². The van der Waals surface area contributed by atoms with Gasteiger partial charge in [-0.25, -0.2) is 4.98 Å². The number of carbonyl (C=O) groups is 1. The maximum atomic E-state index is 13.2. The molecule has 0 aliphatic rings. The third-order valence-corrected chi connectivity index (χ3v) is 4.95. The molecule has 27 heavy (non-hydrogen) atoms. The van der Waals surface area contributed by atoms with E-state index in [1.54, 1.807) is 9.13 Å². The van der Waals surface area contributed by atoms with Gasteiger partial charge in [0.1, 0.15) is 12.1 Å². The molecule has 3 rings (SSSR count). The van der Waals surface area contributed by atoms with Gasteiger partial charge in [-0.2, -0.15) is 0 Å². The molecule has 0 saturated carbocycles. The number of carbonyl (C=O) groups excluding carboxylic acids is 1. The molecule has 0 bridgehead atoms. The number of anilines is 1. The quantitative estimate of drug-likeness (QED) is 0.521. The van der Waals surface area contributed by atoms with E-state index < -0.39 is 0 Å². The average molecular weight is 385 g/mol.